The fourth-order valence-electron chi connectivity index (χ4n) is 4.85. The van der Waals surface area contributed by atoms with Crippen molar-refractivity contribution in [2.75, 3.05) is 5.32 Å². The summed E-state index contributed by atoms with van der Waals surface area (Å²) in [7, 11) is 0. The van der Waals surface area contributed by atoms with Gasteiger partial charge in [0.05, 0.1) is 15.9 Å². The van der Waals surface area contributed by atoms with Crippen LogP contribution in [-0.4, -0.2) is 16.7 Å². The first-order valence-corrected chi connectivity index (χ1v) is 11.1. The molecule has 1 saturated carbocycles. The average Bonchev–Trinajstić information content (AvgIpc) is 3.33. The molecule has 2 aliphatic rings. The predicted molar refractivity (Wildman–Crippen MR) is 116 cm³/mol. The summed E-state index contributed by atoms with van der Waals surface area (Å²) < 4.78 is 0. The number of nitro groups is 1. The first-order valence-electron chi connectivity index (χ1n) is 10.3. The minimum atomic E-state index is -0.748. The molecule has 0 unspecified atom stereocenters. The monoisotopic (exact) mass is 427 g/mol. The minimum Gasteiger partial charge on any atom is -0.365 e. The number of hydrogen-bond donors (Lipinski definition) is 2. The first-order chi connectivity index (χ1) is 14.3. The Hall–Kier alpha value is -2.74. The number of thiophene rings is 1. The number of primary amides is 1. The van der Waals surface area contributed by atoms with Crippen molar-refractivity contribution in [3.05, 3.63) is 55.9 Å². The van der Waals surface area contributed by atoms with Crippen LogP contribution in [0.2, 0.25) is 0 Å². The Labute approximate surface area is 178 Å². The van der Waals surface area contributed by atoms with Gasteiger partial charge in [-0.2, -0.15) is 0 Å². The molecule has 4 rings (SSSR count). The summed E-state index contributed by atoms with van der Waals surface area (Å²) in [6, 6.07) is 6.25. The van der Waals surface area contributed by atoms with E-state index in [-0.39, 0.29) is 11.6 Å². The third kappa shape index (κ3) is 3.49. The second-order valence-corrected chi connectivity index (χ2v) is 9.57. The third-order valence-corrected chi connectivity index (χ3v) is 7.68. The number of amides is 2. The molecule has 30 heavy (non-hydrogen) atoms. The summed E-state index contributed by atoms with van der Waals surface area (Å²) in [6.07, 6.45) is 5.86. The topological polar surface area (TPSA) is 115 Å². The molecule has 2 aliphatic carbocycles. The number of nitrogens with two attached hydrogens (primary N) is 1. The van der Waals surface area contributed by atoms with Crippen molar-refractivity contribution in [3.8, 4) is 0 Å². The summed E-state index contributed by atoms with van der Waals surface area (Å²) >= 11 is 1.46. The average molecular weight is 428 g/mol. The van der Waals surface area contributed by atoms with E-state index in [1.54, 1.807) is 12.1 Å². The second-order valence-electron chi connectivity index (χ2n) is 8.47. The van der Waals surface area contributed by atoms with Gasteiger partial charge in [0, 0.05) is 17.0 Å². The normalized spacial score (nSPS) is 19.8. The molecule has 7 nitrogen and oxygen atoms in total. The Morgan fingerprint density at radius 3 is 2.50 bits per heavy atom. The molecule has 2 aromatic rings. The van der Waals surface area contributed by atoms with E-state index < -0.39 is 16.2 Å². The highest BCUT2D eigenvalue weighted by Crippen LogP contribution is 2.44. The molecule has 1 heterocycles. The number of hydrogen-bond acceptors (Lipinski definition) is 5. The molecular weight excluding hydrogens is 402 g/mol. The number of rotatable bonds is 5. The van der Waals surface area contributed by atoms with E-state index in [4.69, 9.17) is 5.73 Å². The lowest BCUT2D eigenvalue weighted by Gasteiger charge is -2.28. The first kappa shape index (κ1) is 20.5. The molecule has 0 spiro atoms. The van der Waals surface area contributed by atoms with E-state index in [2.05, 4.69) is 12.2 Å². The van der Waals surface area contributed by atoms with Gasteiger partial charge >= 0.3 is 0 Å². The number of nitro benzene ring substituents is 1. The summed E-state index contributed by atoms with van der Waals surface area (Å²) in [4.78, 5) is 37.4. The second kappa shape index (κ2) is 7.83. The maximum Gasteiger partial charge on any atom is 0.269 e. The molecule has 1 fully saturated rings. The van der Waals surface area contributed by atoms with Crippen molar-refractivity contribution in [1.82, 2.24) is 0 Å². The number of nitrogens with one attached hydrogen (secondary N) is 1. The maximum absolute atomic E-state index is 13.5. The van der Waals surface area contributed by atoms with Crippen LogP contribution in [0.25, 0.3) is 0 Å². The van der Waals surface area contributed by atoms with E-state index in [9.17, 15) is 19.7 Å². The van der Waals surface area contributed by atoms with Gasteiger partial charge in [0.2, 0.25) is 5.91 Å². The Bertz CT molecular complexity index is 1010. The molecule has 1 aromatic heterocycles. The standard InChI is InChI=1S/C22H25N3O4S/c1-13-4-9-16-17(12-13)30-20(18(16)19(23)26)24-21(27)22(10-2-3-11-22)14-5-7-15(8-6-14)25(28)29/h5-8,13H,2-4,9-12H2,1H3,(H2,23,26)(H,24,27)/t13-/m1/s1. The molecule has 0 saturated heterocycles. The van der Waals surface area contributed by atoms with Crippen LogP contribution < -0.4 is 11.1 Å². The maximum atomic E-state index is 13.5. The van der Waals surface area contributed by atoms with Crippen LogP contribution in [0.4, 0.5) is 10.7 Å². The van der Waals surface area contributed by atoms with Gasteiger partial charge in [0.25, 0.3) is 11.6 Å². The van der Waals surface area contributed by atoms with Crippen LogP contribution >= 0.6 is 11.3 Å². The summed E-state index contributed by atoms with van der Waals surface area (Å²) in [5, 5.41) is 14.6. The molecule has 1 atom stereocenters. The van der Waals surface area contributed by atoms with E-state index >= 15 is 0 Å². The van der Waals surface area contributed by atoms with Crippen molar-refractivity contribution < 1.29 is 14.5 Å². The van der Waals surface area contributed by atoms with Gasteiger partial charge in [0.1, 0.15) is 5.00 Å². The van der Waals surface area contributed by atoms with E-state index in [1.165, 1.54) is 23.5 Å². The van der Waals surface area contributed by atoms with Crippen LogP contribution in [0.1, 0.15) is 65.4 Å². The summed E-state index contributed by atoms with van der Waals surface area (Å²) in [5.74, 6) is -0.127. The van der Waals surface area contributed by atoms with Crippen molar-refractivity contribution >= 4 is 33.8 Å². The largest absolute Gasteiger partial charge is 0.365 e. The van der Waals surface area contributed by atoms with Crippen molar-refractivity contribution in [1.29, 1.82) is 0 Å². The molecule has 3 N–H and O–H groups in total. The predicted octanol–water partition coefficient (Wildman–Crippen LogP) is 4.33. The van der Waals surface area contributed by atoms with Crippen LogP contribution in [0.5, 0.6) is 0 Å². The number of benzene rings is 1. The lowest BCUT2D eigenvalue weighted by molar-refractivity contribution is -0.384. The van der Waals surface area contributed by atoms with E-state index in [0.717, 1.165) is 48.1 Å². The highest BCUT2D eigenvalue weighted by atomic mass is 32.1. The van der Waals surface area contributed by atoms with Crippen molar-refractivity contribution in [2.24, 2.45) is 11.7 Å². The van der Waals surface area contributed by atoms with Crippen LogP contribution in [0.15, 0.2) is 24.3 Å². The SMILES string of the molecule is C[C@@H]1CCc2c(sc(NC(=O)C3(c4ccc([N+](=O)[O-])cc4)CCCC3)c2C(N)=O)C1. The number of carbonyl (C=O) groups excluding carboxylic acids is 2. The minimum absolute atomic E-state index is 0.00312. The zero-order valence-electron chi connectivity index (χ0n) is 16.9. The van der Waals surface area contributed by atoms with Crippen LogP contribution in [0.3, 0.4) is 0 Å². The highest BCUT2D eigenvalue weighted by Gasteiger charge is 2.43. The van der Waals surface area contributed by atoms with Gasteiger partial charge in [-0.25, -0.2) is 0 Å². The Morgan fingerprint density at radius 2 is 1.90 bits per heavy atom. The van der Waals surface area contributed by atoms with Gasteiger partial charge in [0.15, 0.2) is 0 Å². The number of carbonyl (C=O) groups is 2. The molecule has 0 aliphatic heterocycles. The Morgan fingerprint density at radius 1 is 1.23 bits per heavy atom. The van der Waals surface area contributed by atoms with Gasteiger partial charge in [-0.15, -0.1) is 11.3 Å². The number of non-ortho nitro benzene ring substituents is 1. The van der Waals surface area contributed by atoms with Gasteiger partial charge in [-0.3, -0.25) is 19.7 Å². The fourth-order valence-corrected chi connectivity index (χ4v) is 6.26. The molecule has 158 valence electrons. The summed E-state index contributed by atoms with van der Waals surface area (Å²) in [6.45, 7) is 2.19. The van der Waals surface area contributed by atoms with Gasteiger partial charge < -0.3 is 11.1 Å². The van der Waals surface area contributed by atoms with Crippen molar-refractivity contribution in [3.63, 3.8) is 0 Å². The molecule has 0 bridgehead atoms. The lowest BCUT2D eigenvalue weighted by Crippen LogP contribution is -2.38. The number of fused-ring (bicyclic) bond motifs is 1. The molecule has 8 heteroatoms. The number of nitrogens with zero attached hydrogens (tertiary/aromatic N) is 1. The Kier molecular flexibility index (Phi) is 5.36. The molecule has 1 aromatic carbocycles. The van der Waals surface area contributed by atoms with Crippen molar-refractivity contribution in [2.45, 2.75) is 57.3 Å². The number of anilines is 1. The Balaban J connectivity index is 1.68. The van der Waals surface area contributed by atoms with E-state index in [1.807, 2.05) is 0 Å². The molecular formula is C22H25N3O4S. The molecule has 0 radical (unpaired) electrons. The fraction of sp³-hybridized carbons (Fsp3) is 0.455. The molecule has 2 amide bonds. The smallest absolute Gasteiger partial charge is 0.269 e. The quantitative estimate of drug-likeness (QED) is 0.546. The van der Waals surface area contributed by atoms with Gasteiger partial charge in [-0.1, -0.05) is 31.9 Å². The lowest BCUT2D eigenvalue weighted by atomic mass is 9.78. The van der Waals surface area contributed by atoms with Crippen LogP contribution in [-0.2, 0) is 23.1 Å². The third-order valence-electron chi connectivity index (χ3n) is 6.51. The zero-order chi connectivity index (χ0) is 21.5. The van der Waals surface area contributed by atoms with Crippen LogP contribution in [0, 0.1) is 16.0 Å². The van der Waals surface area contributed by atoms with E-state index in [0.29, 0.717) is 29.3 Å². The summed E-state index contributed by atoms with van der Waals surface area (Å²) in [5.41, 5.74) is 7.15. The highest BCUT2D eigenvalue weighted by molar-refractivity contribution is 7.17. The zero-order valence-corrected chi connectivity index (χ0v) is 17.7. The van der Waals surface area contributed by atoms with Gasteiger partial charge in [-0.05, 0) is 49.1 Å².